The van der Waals surface area contributed by atoms with Gasteiger partial charge in [0.25, 0.3) is 0 Å². The lowest BCUT2D eigenvalue weighted by Gasteiger charge is -2.27. The van der Waals surface area contributed by atoms with Gasteiger partial charge in [-0.2, -0.15) is 5.21 Å². The second-order valence-electron chi connectivity index (χ2n) is 10.1. The van der Waals surface area contributed by atoms with Gasteiger partial charge in [-0.05, 0) is 68.0 Å². The summed E-state index contributed by atoms with van der Waals surface area (Å²) in [6.07, 6.45) is 5.91. The molecule has 1 N–H and O–H groups in total. The Bertz CT molecular complexity index is 1620. The normalized spacial score (nSPS) is 19.7. The first-order valence-corrected chi connectivity index (χ1v) is 14.5. The number of rotatable bonds is 7. The highest BCUT2D eigenvalue weighted by molar-refractivity contribution is 7.18. The van der Waals surface area contributed by atoms with E-state index >= 15 is 0 Å². The van der Waals surface area contributed by atoms with Gasteiger partial charge in [0.05, 0.1) is 32.5 Å². The third-order valence-corrected chi connectivity index (χ3v) is 9.32. The van der Waals surface area contributed by atoms with Crippen molar-refractivity contribution in [1.29, 1.82) is 0 Å². The lowest BCUT2D eigenvalue weighted by molar-refractivity contribution is 0.0129. The van der Waals surface area contributed by atoms with E-state index in [-0.39, 0.29) is 17.8 Å². The van der Waals surface area contributed by atoms with Gasteiger partial charge in [-0.15, -0.1) is 21.5 Å². The minimum absolute atomic E-state index is 0.105. The topological polar surface area (TPSA) is 103 Å². The number of nitrogens with zero attached hydrogens (tertiary/aromatic N) is 5. The molecule has 3 aromatic heterocycles. The summed E-state index contributed by atoms with van der Waals surface area (Å²) in [6, 6.07) is 8.71. The van der Waals surface area contributed by atoms with Gasteiger partial charge in [-0.3, -0.25) is 0 Å². The first kappa shape index (κ1) is 25.1. The van der Waals surface area contributed by atoms with Crippen molar-refractivity contribution in [3.05, 3.63) is 62.5 Å². The van der Waals surface area contributed by atoms with E-state index in [1.165, 1.54) is 17.4 Å². The second kappa shape index (κ2) is 10.2. The smallest absolute Gasteiger partial charge is 0.204 e. The summed E-state index contributed by atoms with van der Waals surface area (Å²) in [7, 11) is 0. The van der Waals surface area contributed by atoms with E-state index in [1.807, 2.05) is 12.1 Å². The Kier molecular flexibility index (Phi) is 6.58. The number of hydrogen-bond acceptors (Lipinski definition) is 8. The second-order valence-corrected chi connectivity index (χ2v) is 12.0. The number of aromatic nitrogens is 6. The Morgan fingerprint density at radius 3 is 2.54 bits per heavy atom. The van der Waals surface area contributed by atoms with E-state index in [9.17, 15) is 4.39 Å². The number of halogens is 3. The number of aromatic amines is 1. The Labute approximate surface area is 236 Å². The van der Waals surface area contributed by atoms with Crippen LogP contribution in [0.3, 0.4) is 0 Å². The average molecular weight is 585 g/mol. The van der Waals surface area contributed by atoms with Crippen molar-refractivity contribution in [3.63, 3.8) is 0 Å². The molecule has 0 amide bonds. The Morgan fingerprint density at radius 2 is 1.82 bits per heavy atom. The molecule has 0 atom stereocenters. The van der Waals surface area contributed by atoms with Crippen LogP contribution in [0.15, 0.2) is 34.9 Å². The van der Waals surface area contributed by atoms with E-state index in [4.69, 9.17) is 32.5 Å². The minimum atomic E-state index is -0.374. The third kappa shape index (κ3) is 4.84. The third-order valence-electron chi connectivity index (χ3n) is 7.52. The van der Waals surface area contributed by atoms with Crippen molar-refractivity contribution < 1.29 is 13.7 Å². The van der Waals surface area contributed by atoms with Gasteiger partial charge < -0.3 is 9.26 Å². The van der Waals surface area contributed by atoms with Crippen LogP contribution in [0.25, 0.3) is 32.9 Å². The summed E-state index contributed by atoms with van der Waals surface area (Å²) < 4.78 is 27.8. The van der Waals surface area contributed by atoms with E-state index in [1.54, 1.807) is 12.1 Å². The van der Waals surface area contributed by atoms with Gasteiger partial charge in [-0.25, -0.2) is 9.37 Å². The van der Waals surface area contributed by atoms with Crippen LogP contribution in [0, 0.1) is 5.82 Å². The average Bonchev–Trinajstić information content (AvgIpc) is 3.30. The number of tetrazole rings is 1. The summed E-state index contributed by atoms with van der Waals surface area (Å²) in [5, 5.41) is 20.3. The molecular formula is C27H23Cl2FN6O2S. The predicted molar refractivity (Wildman–Crippen MR) is 146 cm³/mol. The fraction of sp³-hybridized carbons (Fsp3) is 0.370. The van der Waals surface area contributed by atoms with Crippen molar-refractivity contribution in [3.8, 4) is 22.6 Å². The van der Waals surface area contributed by atoms with Gasteiger partial charge in [-0.1, -0.05) is 34.4 Å². The van der Waals surface area contributed by atoms with Crippen LogP contribution in [0.4, 0.5) is 4.39 Å². The van der Waals surface area contributed by atoms with E-state index < -0.39 is 0 Å². The Hall–Kier alpha value is -2.92. The van der Waals surface area contributed by atoms with Crippen LogP contribution in [-0.4, -0.2) is 36.9 Å². The molecule has 200 valence electrons. The van der Waals surface area contributed by atoms with Crippen LogP contribution >= 0.6 is 34.5 Å². The maximum atomic E-state index is 14.8. The molecule has 39 heavy (non-hydrogen) atoms. The summed E-state index contributed by atoms with van der Waals surface area (Å²) >= 11 is 14.5. The van der Waals surface area contributed by atoms with Crippen LogP contribution < -0.4 is 0 Å². The largest absolute Gasteiger partial charge is 0.373 e. The molecule has 0 unspecified atom stereocenters. The number of benzene rings is 2. The maximum Gasteiger partial charge on any atom is 0.204 e. The lowest BCUT2D eigenvalue weighted by Crippen LogP contribution is -2.21. The molecule has 2 saturated carbocycles. The zero-order chi connectivity index (χ0) is 26.5. The van der Waals surface area contributed by atoms with Crippen LogP contribution in [0.5, 0.6) is 0 Å². The quantitative estimate of drug-likeness (QED) is 0.209. The first-order chi connectivity index (χ1) is 19.0. The van der Waals surface area contributed by atoms with Crippen molar-refractivity contribution >= 4 is 44.8 Å². The van der Waals surface area contributed by atoms with E-state index in [0.29, 0.717) is 50.7 Å². The van der Waals surface area contributed by atoms with Crippen LogP contribution in [0.1, 0.15) is 66.7 Å². The highest BCUT2D eigenvalue weighted by Gasteiger charge is 2.34. The highest BCUT2D eigenvalue weighted by Crippen LogP contribution is 2.46. The van der Waals surface area contributed by atoms with Crippen molar-refractivity contribution in [2.45, 2.75) is 63.1 Å². The summed E-state index contributed by atoms with van der Waals surface area (Å²) in [6.45, 7) is 0.396. The van der Waals surface area contributed by atoms with Crippen molar-refractivity contribution in [2.75, 3.05) is 0 Å². The summed E-state index contributed by atoms with van der Waals surface area (Å²) in [5.74, 6) is 1.51. The van der Waals surface area contributed by atoms with Gasteiger partial charge in [0, 0.05) is 28.5 Å². The minimum Gasteiger partial charge on any atom is -0.373 e. The fourth-order valence-electron chi connectivity index (χ4n) is 5.32. The zero-order valence-electron chi connectivity index (χ0n) is 20.7. The van der Waals surface area contributed by atoms with Crippen LogP contribution in [-0.2, 0) is 11.3 Å². The molecule has 0 radical (unpaired) electrons. The monoisotopic (exact) mass is 584 g/mol. The van der Waals surface area contributed by atoms with Gasteiger partial charge in [0.1, 0.15) is 17.0 Å². The number of hydrogen-bond donors (Lipinski definition) is 1. The van der Waals surface area contributed by atoms with Gasteiger partial charge in [0.2, 0.25) is 5.82 Å². The standard InChI is InChI=1S/C27H23Cl2FN6O2S/c28-18-2-1-3-19(29)22(18)23-17(25(38-34-23)13-4-5-13)12-37-16-8-6-14(7-9-16)27-31-24-20(30)10-15(11-21(24)39-27)26-32-35-36-33-26/h1-3,10-11,13-14,16H,4-9,12H2,(H,32,33,35,36). The number of H-pyrrole nitrogens is 1. The molecule has 0 bridgehead atoms. The van der Waals surface area contributed by atoms with E-state index in [2.05, 4.69) is 30.8 Å². The molecule has 8 nitrogen and oxygen atoms in total. The molecule has 5 aromatic rings. The Balaban J connectivity index is 1.05. The molecule has 0 spiro atoms. The molecule has 2 aliphatic carbocycles. The molecule has 2 fully saturated rings. The van der Waals surface area contributed by atoms with Crippen molar-refractivity contribution in [2.24, 2.45) is 0 Å². The molecule has 7 rings (SSSR count). The molecule has 0 aliphatic heterocycles. The lowest BCUT2D eigenvalue weighted by atomic mass is 9.88. The number of nitrogens with one attached hydrogen (secondary N) is 1. The molecule has 12 heteroatoms. The highest BCUT2D eigenvalue weighted by atomic mass is 35.5. The SMILES string of the molecule is Fc1cc(-c2nn[nH]n2)cc2sc(C3CCC(OCc4c(-c5c(Cl)cccc5Cl)noc4C4CC4)CC3)nc12. The van der Waals surface area contributed by atoms with Gasteiger partial charge in [0.15, 0.2) is 5.82 Å². The van der Waals surface area contributed by atoms with Crippen molar-refractivity contribution in [1.82, 2.24) is 30.8 Å². The van der Waals surface area contributed by atoms with Crippen LogP contribution in [0.2, 0.25) is 10.0 Å². The molecule has 3 heterocycles. The number of fused-ring (bicyclic) bond motifs is 1. The van der Waals surface area contributed by atoms with Gasteiger partial charge >= 0.3 is 0 Å². The summed E-state index contributed by atoms with van der Waals surface area (Å²) in [5.41, 5.74) is 3.26. The molecule has 2 aromatic carbocycles. The fourth-order valence-corrected chi connectivity index (χ4v) is 7.09. The zero-order valence-corrected chi connectivity index (χ0v) is 23.0. The summed E-state index contributed by atoms with van der Waals surface area (Å²) in [4.78, 5) is 4.66. The maximum absolute atomic E-state index is 14.8. The first-order valence-electron chi connectivity index (χ1n) is 12.9. The molecule has 2 aliphatic rings. The van der Waals surface area contributed by atoms with E-state index in [0.717, 1.165) is 59.6 Å². The Morgan fingerprint density at radius 1 is 1.05 bits per heavy atom. The number of ether oxygens (including phenoxy) is 1. The number of thiazole rings is 1. The molecular weight excluding hydrogens is 562 g/mol. The predicted octanol–water partition coefficient (Wildman–Crippen LogP) is 7.70. The molecule has 0 saturated heterocycles.